The van der Waals surface area contributed by atoms with Gasteiger partial charge in [0.25, 0.3) is 11.5 Å². The van der Waals surface area contributed by atoms with Gasteiger partial charge in [-0.3, -0.25) is 18.9 Å². The highest BCUT2D eigenvalue weighted by molar-refractivity contribution is 6.42. The predicted octanol–water partition coefficient (Wildman–Crippen LogP) is 3.60. The Kier molecular flexibility index (Phi) is 6.66. The van der Waals surface area contributed by atoms with Crippen LogP contribution in [0.5, 0.6) is 0 Å². The lowest BCUT2D eigenvalue weighted by atomic mass is 10.0. The highest BCUT2D eigenvalue weighted by Crippen LogP contribution is 2.27. The molecule has 2 fully saturated rings. The molecule has 2 aromatic heterocycles. The largest absolute Gasteiger partial charge is 0.379 e. The Balaban J connectivity index is 1.34. The zero-order valence-electron chi connectivity index (χ0n) is 18.5. The molecule has 3 aromatic rings. The number of fused-ring (bicyclic) bond motifs is 1. The van der Waals surface area contributed by atoms with Gasteiger partial charge in [0.15, 0.2) is 0 Å². The van der Waals surface area contributed by atoms with Crippen LogP contribution in [-0.2, 0) is 11.2 Å². The Labute approximate surface area is 206 Å². The Morgan fingerprint density at radius 1 is 1.12 bits per heavy atom. The molecule has 0 spiro atoms. The Hall–Kier alpha value is -2.39. The first-order valence-corrected chi connectivity index (χ1v) is 12.1. The number of H-pyrrole nitrogens is 1. The van der Waals surface area contributed by atoms with Crippen LogP contribution in [0, 0.1) is 5.82 Å². The molecule has 10 heteroatoms. The molecule has 7 nitrogen and oxygen atoms in total. The predicted molar refractivity (Wildman–Crippen MR) is 129 cm³/mol. The summed E-state index contributed by atoms with van der Waals surface area (Å²) in [6.07, 6.45) is 3.63. The van der Waals surface area contributed by atoms with Gasteiger partial charge in [-0.25, -0.2) is 4.39 Å². The standard InChI is InChI=1S/C24H25Cl2FN4O3/c25-19-13-21-23(32)28-14-17(31(21)22(19)26)11-15-1-2-20(27)18(12-15)24(33)30-5-3-16(4-6-30)29-7-9-34-10-8-29/h1-2,12-14,16H,3-11H2,(H,28,32). The quantitative estimate of drug-likeness (QED) is 0.586. The van der Waals surface area contributed by atoms with Crippen LogP contribution in [0.15, 0.2) is 35.3 Å². The van der Waals surface area contributed by atoms with Crippen LogP contribution in [-0.4, -0.2) is 70.5 Å². The summed E-state index contributed by atoms with van der Waals surface area (Å²) in [7, 11) is 0. The third kappa shape index (κ3) is 4.47. The van der Waals surface area contributed by atoms with Gasteiger partial charge in [0, 0.05) is 50.5 Å². The summed E-state index contributed by atoms with van der Waals surface area (Å²) in [4.78, 5) is 32.2. The van der Waals surface area contributed by atoms with Crippen LogP contribution >= 0.6 is 23.2 Å². The van der Waals surface area contributed by atoms with Crippen LogP contribution < -0.4 is 5.56 Å². The summed E-state index contributed by atoms with van der Waals surface area (Å²) in [5, 5.41) is 0.509. The van der Waals surface area contributed by atoms with E-state index >= 15 is 0 Å². The van der Waals surface area contributed by atoms with Crippen LogP contribution in [0.2, 0.25) is 10.2 Å². The molecule has 34 heavy (non-hydrogen) atoms. The van der Waals surface area contributed by atoms with Gasteiger partial charge in [0.2, 0.25) is 0 Å². The third-order valence-corrected chi connectivity index (χ3v) is 7.51. The molecular weight excluding hydrogens is 482 g/mol. The van der Waals surface area contributed by atoms with E-state index in [1.165, 1.54) is 12.1 Å². The molecule has 1 amide bonds. The number of rotatable bonds is 4. The molecule has 1 aromatic carbocycles. The average Bonchev–Trinajstić information content (AvgIpc) is 3.17. The molecule has 1 N–H and O–H groups in total. The van der Waals surface area contributed by atoms with Crippen molar-refractivity contribution in [1.29, 1.82) is 0 Å². The normalized spacial score (nSPS) is 18.0. The fourth-order valence-electron chi connectivity index (χ4n) is 4.92. The Bertz CT molecular complexity index is 1280. The zero-order chi connectivity index (χ0) is 23.8. The summed E-state index contributed by atoms with van der Waals surface area (Å²) >= 11 is 12.4. The maximum Gasteiger partial charge on any atom is 0.272 e. The van der Waals surface area contributed by atoms with Crippen molar-refractivity contribution >= 4 is 34.6 Å². The van der Waals surface area contributed by atoms with Gasteiger partial charge in [0.1, 0.15) is 16.5 Å². The first-order chi connectivity index (χ1) is 16.4. The Morgan fingerprint density at radius 3 is 2.59 bits per heavy atom. The molecule has 0 atom stereocenters. The number of aromatic amines is 1. The van der Waals surface area contributed by atoms with E-state index in [4.69, 9.17) is 27.9 Å². The number of carbonyl (C=O) groups is 1. The minimum Gasteiger partial charge on any atom is -0.379 e. The number of likely N-dealkylation sites (tertiary alicyclic amines) is 1. The number of amides is 1. The SMILES string of the molecule is O=C(c1cc(Cc2c[nH]c(=O)c3cc(Cl)c(Cl)n23)ccc1F)N1CCC(N2CCOCC2)CC1. The fraction of sp³-hybridized carbons (Fsp3) is 0.417. The average molecular weight is 507 g/mol. The van der Waals surface area contributed by atoms with Crippen molar-refractivity contribution in [2.45, 2.75) is 25.3 Å². The molecule has 2 saturated heterocycles. The summed E-state index contributed by atoms with van der Waals surface area (Å²) in [5.41, 5.74) is 1.46. The van der Waals surface area contributed by atoms with Crippen molar-refractivity contribution in [3.05, 3.63) is 73.6 Å². The molecule has 2 aliphatic heterocycles. The van der Waals surface area contributed by atoms with Crippen molar-refractivity contribution in [1.82, 2.24) is 19.2 Å². The second kappa shape index (κ2) is 9.70. The van der Waals surface area contributed by atoms with Gasteiger partial charge in [-0.2, -0.15) is 0 Å². The number of nitrogens with zero attached hydrogens (tertiary/aromatic N) is 3. The lowest BCUT2D eigenvalue weighted by molar-refractivity contribution is 0.00154. The number of morpholine rings is 1. The number of aromatic nitrogens is 2. The van der Waals surface area contributed by atoms with Crippen molar-refractivity contribution in [3.8, 4) is 0 Å². The smallest absolute Gasteiger partial charge is 0.272 e. The number of ether oxygens (including phenoxy) is 1. The first-order valence-electron chi connectivity index (χ1n) is 11.4. The van der Waals surface area contributed by atoms with E-state index < -0.39 is 5.82 Å². The molecule has 5 rings (SSSR count). The molecule has 0 saturated carbocycles. The number of nitrogens with one attached hydrogen (secondary N) is 1. The minimum atomic E-state index is -0.544. The molecule has 0 unspecified atom stereocenters. The summed E-state index contributed by atoms with van der Waals surface area (Å²) < 4.78 is 21.7. The molecule has 4 heterocycles. The lowest BCUT2D eigenvalue weighted by Crippen LogP contribution is -2.50. The fourth-order valence-corrected chi connectivity index (χ4v) is 5.37. The highest BCUT2D eigenvalue weighted by Gasteiger charge is 2.29. The van der Waals surface area contributed by atoms with Crippen molar-refractivity contribution < 1.29 is 13.9 Å². The van der Waals surface area contributed by atoms with Gasteiger partial charge in [0.05, 0.1) is 23.8 Å². The first kappa shape index (κ1) is 23.4. The van der Waals surface area contributed by atoms with Crippen molar-refractivity contribution in [3.63, 3.8) is 0 Å². The van der Waals surface area contributed by atoms with E-state index in [1.54, 1.807) is 27.6 Å². The number of benzene rings is 1. The monoisotopic (exact) mass is 506 g/mol. The Morgan fingerprint density at radius 2 is 1.85 bits per heavy atom. The molecule has 180 valence electrons. The maximum absolute atomic E-state index is 14.7. The highest BCUT2D eigenvalue weighted by atomic mass is 35.5. The van der Waals surface area contributed by atoms with Crippen molar-refractivity contribution in [2.75, 3.05) is 39.4 Å². The van der Waals surface area contributed by atoms with E-state index in [9.17, 15) is 14.0 Å². The van der Waals surface area contributed by atoms with E-state index in [0.29, 0.717) is 36.8 Å². The van der Waals surface area contributed by atoms with E-state index in [0.717, 1.165) is 44.7 Å². The van der Waals surface area contributed by atoms with Gasteiger partial charge in [-0.15, -0.1) is 0 Å². The van der Waals surface area contributed by atoms with Crippen LogP contribution in [0.1, 0.15) is 34.5 Å². The number of piperidine rings is 1. The molecular formula is C24H25Cl2FN4O3. The van der Waals surface area contributed by atoms with Crippen molar-refractivity contribution in [2.24, 2.45) is 0 Å². The topological polar surface area (TPSA) is 70.1 Å². The van der Waals surface area contributed by atoms with Gasteiger partial charge < -0.3 is 14.6 Å². The maximum atomic E-state index is 14.7. The molecule has 2 aliphatic rings. The summed E-state index contributed by atoms with van der Waals surface area (Å²) in [6, 6.07) is 6.47. The van der Waals surface area contributed by atoms with Gasteiger partial charge in [-0.05, 0) is 36.6 Å². The minimum absolute atomic E-state index is 0.0552. The summed E-state index contributed by atoms with van der Waals surface area (Å²) in [5.74, 6) is -0.842. The third-order valence-electron chi connectivity index (χ3n) is 6.75. The van der Waals surface area contributed by atoms with Crippen LogP contribution in [0.3, 0.4) is 0 Å². The van der Waals surface area contributed by atoms with E-state index in [-0.39, 0.29) is 27.2 Å². The van der Waals surface area contributed by atoms with Crippen LogP contribution in [0.4, 0.5) is 4.39 Å². The second-order valence-electron chi connectivity index (χ2n) is 8.78. The second-order valence-corrected chi connectivity index (χ2v) is 9.54. The number of hydrogen-bond acceptors (Lipinski definition) is 4. The zero-order valence-corrected chi connectivity index (χ0v) is 20.0. The molecule has 0 bridgehead atoms. The number of hydrogen-bond donors (Lipinski definition) is 1. The van der Waals surface area contributed by atoms with Crippen LogP contribution in [0.25, 0.3) is 5.52 Å². The van der Waals surface area contributed by atoms with E-state index in [1.807, 2.05) is 0 Å². The molecule has 0 aliphatic carbocycles. The number of carbonyl (C=O) groups excluding carboxylic acids is 1. The lowest BCUT2D eigenvalue weighted by Gasteiger charge is -2.40. The summed E-state index contributed by atoms with van der Waals surface area (Å²) in [6.45, 7) is 4.54. The van der Waals surface area contributed by atoms with E-state index in [2.05, 4.69) is 9.88 Å². The number of halogens is 3. The van der Waals surface area contributed by atoms with Gasteiger partial charge >= 0.3 is 0 Å². The van der Waals surface area contributed by atoms with Gasteiger partial charge in [-0.1, -0.05) is 29.3 Å². The molecule has 0 radical (unpaired) electrons.